The number of aliphatic hydroxyl groups is 1. The Labute approximate surface area is 128 Å². The van der Waals surface area contributed by atoms with Gasteiger partial charge in [0.1, 0.15) is 0 Å². The van der Waals surface area contributed by atoms with Crippen LogP contribution in [0.1, 0.15) is 18.7 Å². The van der Waals surface area contributed by atoms with Gasteiger partial charge in [0, 0.05) is 23.7 Å². The van der Waals surface area contributed by atoms with Crippen LogP contribution < -0.4 is 0 Å². The topological polar surface area (TPSA) is 62.4 Å². The summed E-state index contributed by atoms with van der Waals surface area (Å²) >= 11 is 5.97. The highest BCUT2D eigenvalue weighted by Crippen LogP contribution is 2.22. The van der Waals surface area contributed by atoms with Crippen LogP contribution in [0.15, 0.2) is 28.8 Å². The zero-order chi connectivity index (χ0) is 14.7. The summed E-state index contributed by atoms with van der Waals surface area (Å²) in [4.78, 5) is 6.69. The van der Waals surface area contributed by atoms with Crippen molar-refractivity contribution < 1.29 is 9.63 Å². The third-order valence-corrected chi connectivity index (χ3v) is 4.00. The fourth-order valence-corrected chi connectivity index (χ4v) is 2.89. The van der Waals surface area contributed by atoms with Crippen molar-refractivity contribution in [3.63, 3.8) is 0 Å². The van der Waals surface area contributed by atoms with Gasteiger partial charge in [0.15, 0.2) is 5.82 Å². The van der Waals surface area contributed by atoms with Gasteiger partial charge in [-0.1, -0.05) is 22.8 Å². The monoisotopic (exact) mass is 307 g/mol. The van der Waals surface area contributed by atoms with Crippen LogP contribution in [-0.2, 0) is 6.54 Å². The smallest absolute Gasteiger partial charge is 0.258 e. The maximum atomic E-state index is 9.26. The van der Waals surface area contributed by atoms with Gasteiger partial charge < -0.3 is 9.63 Å². The molecule has 0 aliphatic carbocycles. The van der Waals surface area contributed by atoms with Gasteiger partial charge in [-0.3, -0.25) is 4.90 Å². The third kappa shape index (κ3) is 3.61. The molecule has 2 heterocycles. The molecule has 0 bridgehead atoms. The minimum atomic E-state index is 0.247. The fraction of sp³-hybridized carbons (Fsp3) is 0.467. The molecule has 0 radical (unpaired) electrons. The van der Waals surface area contributed by atoms with Crippen molar-refractivity contribution in [3.05, 3.63) is 35.1 Å². The summed E-state index contributed by atoms with van der Waals surface area (Å²) in [5.74, 6) is 1.52. The normalized spacial score (nSPS) is 19.8. The van der Waals surface area contributed by atoms with E-state index in [2.05, 4.69) is 15.0 Å². The second kappa shape index (κ2) is 6.56. The first-order chi connectivity index (χ1) is 10.2. The Morgan fingerprint density at radius 1 is 1.43 bits per heavy atom. The zero-order valence-corrected chi connectivity index (χ0v) is 12.5. The summed E-state index contributed by atoms with van der Waals surface area (Å²) in [5.41, 5.74) is 0.827. The molecule has 1 saturated heterocycles. The van der Waals surface area contributed by atoms with E-state index in [0.717, 1.165) is 31.5 Å². The summed E-state index contributed by atoms with van der Waals surface area (Å²) in [6.45, 7) is 2.80. The van der Waals surface area contributed by atoms with E-state index < -0.39 is 0 Å². The maximum absolute atomic E-state index is 9.26. The highest BCUT2D eigenvalue weighted by atomic mass is 35.5. The predicted octanol–water partition coefficient (Wildman–Crippen LogP) is 2.59. The molecule has 3 rings (SSSR count). The highest BCUT2D eigenvalue weighted by molar-refractivity contribution is 6.30. The lowest BCUT2D eigenvalue weighted by molar-refractivity contribution is 0.113. The first-order valence-electron chi connectivity index (χ1n) is 7.16. The van der Waals surface area contributed by atoms with Crippen LogP contribution in [0.25, 0.3) is 11.5 Å². The molecule has 1 aliphatic heterocycles. The van der Waals surface area contributed by atoms with Gasteiger partial charge in [0.05, 0.1) is 6.54 Å². The van der Waals surface area contributed by atoms with Gasteiger partial charge in [0.25, 0.3) is 5.89 Å². The molecule has 1 aromatic carbocycles. The molecule has 1 aliphatic rings. The van der Waals surface area contributed by atoms with Gasteiger partial charge in [0.2, 0.25) is 0 Å². The van der Waals surface area contributed by atoms with Crippen LogP contribution >= 0.6 is 11.6 Å². The van der Waals surface area contributed by atoms with Crippen molar-refractivity contribution >= 4 is 11.6 Å². The molecule has 1 aromatic heterocycles. The number of aliphatic hydroxyl groups excluding tert-OH is 1. The number of benzene rings is 1. The SMILES string of the molecule is OCC1CCCN(Cc2noc(-c3cccc(Cl)c3)n2)C1. The average Bonchev–Trinajstić information content (AvgIpc) is 2.96. The van der Waals surface area contributed by atoms with Crippen LogP contribution in [0.2, 0.25) is 5.02 Å². The number of rotatable bonds is 4. The van der Waals surface area contributed by atoms with Crippen LogP contribution in [0.5, 0.6) is 0 Å². The lowest BCUT2D eigenvalue weighted by Crippen LogP contribution is -2.36. The van der Waals surface area contributed by atoms with Crippen molar-refractivity contribution in [2.24, 2.45) is 5.92 Å². The first-order valence-corrected chi connectivity index (χ1v) is 7.54. The number of halogens is 1. The van der Waals surface area contributed by atoms with Gasteiger partial charge in [-0.05, 0) is 43.5 Å². The fourth-order valence-electron chi connectivity index (χ4n) is 2.70. The number of hydrogen-bond donors (Lipinski definition) is 1. The van der Waals surface area contributed by atoms with Crippen LogP contribution in [0.3, 0.4) is 0 Å². The summed E-state index contributed by atoms with van der Waals surface area (Å²) < 4.78 is 5.30. The molecule has 112 valence electrons. The first kappa shape index (κ1) is 14.5. The number of piperidine rings is 1. The maximum Gasteiger partial charge on any atom is 0.258 e. The Morgan fingerprint density at radius 3 is 3.14 bits per heavy atom. The van der Waals surface area contributed by atoms with Gasteiger partial charge in [-0.2, -0.15) is 4.98 Å². The summed E-state index contributed by atoms with van der Waals surface area (Å²) in [6, 6.07) is 7.37. The van der Waals surface area contributed by atoms with Crippen LogP contribution in [0.4, 0.5) is 0 Å². The van der Waals surface area contributed by atoms with E-state index in [0.29, 0.717) is 29.2 Å². The lowest BCUT2D eigenvalue weighted by atomic mass is 9.99. The minimum absolute atomic E-state index is 0.247. The summed E-state index contributed by atoms with van der Waals surface area (Å²) in [7, 11) is 0. The van der Waals surface area contributed by atoms with Crippen molar-refractivity contribution in [3.8, 4) is 11.5 Å². The van der Waals surface area contributed by atoms with Crippen molar-refractivity contribution in [2.75, 3.05) is 19.7 Å². The number of nitrogens with zero attached hydrogens (tertiary/aromatic N) is 3. The molecular formula is C15H18ClN3O2. The Balaban J connectivity index is 1.68. The van der Waals surface area contributed by atoms with E-state index in [-0.39, 0.29) is 6.61 Å². The molecule has 1 fully saturated rings. The molecule has 0 saturated carbocycles. The van der Waals surface area contributed by atoms with Gasteiger partial charge in [-0.25, -0.2) is 0 Å². The van der Waals surface area contributed by atoms with Crippen LogP contribution in [-0.4, -0.2) is 39.8 Å². The third-order valence-electron chi connectivity index (χ3n) is 3.77. The molecule has 1 atom stereocenters. The molecule has 0 spiro atoms. The highest BCUT2D eigenvalue weighted by Gasteiger charge is 2.21. The summed E-state index contributed by atoms with van der Waals surface area (Å²) in [6.07, 6.45) is 2.19. The molecule has 2 aromatic rings. The molecule has 5 nitrogen and oxygen atoms in total. The molecule has 0 amide bonds. The molecule has 1 N–H and O–H groups in total. The second-order valence-electron chi connectivity index (χ2n) is 5.45. The van der Waals surface area contributed by atoms with Crippen molar-refractivity contribution in [2.45, 2.75) is 19.4 Å². The van der Waals surface area contributed by atoms with E-state index in [9.17, 15) is 5.11 Å². The molecular weight excluding hydrogens is 290 g/mol. The summed E-state index contributed by atoms with van der Waals surface area (Å²) in [5, 5.41) is 13.9. The Kier molecular flexibility index (Phi) is 4.53. The van der Waals surface area contributed by atoms with Crippen molar-refractivity contribution in [1.82, 2.24) is 15.0 Å². The Hall–Kier alpha value is -1.43. The van der Waals surface area contributed by atoms with E-state index in [1.54, 1.807) is 0 Å². The molecule has 6 heteroatoms. The second-order valence-corrected chi connectivity index (χ2v) is 5.89. The molecule has 21 heavy (non-hydrogen) atoms. The Bertz CT molecular complexity index is 602. The van der Waals surface area contributed by atoms with Gasteiger partial charge in [-0.15, -0.1) is 0 Å². The number of hydrogen-bond acceptors (Lipinski definition) is 5. The predicted molar refractivity (Wildman–Crippen MR) is 79.8 cm³/mol. The van der Waals surface area contributed by atoms with E-state index in [1.807, 2.05) is 24.3 Å². The lowest BCUT2D eigenvalue weighted by Gasteiger charge is -2.30. The Morgan fingerprint density at radius 2 is 2.33 bits per heavy atom. The van der Waals surface area contributed by atoms with Gasteiger partial charge >= 0.3 is 0 Å². The number of aromatic nitrogens is 2. The van der Waals surface area contributed by atoms with E-state index in [1.165, 1.54) is 0 Å². The quantitative estimate of drug-likeness (QED) is 0.940. The number of likely N-dealkylation sites (tertiary alicyclic amines) is 1. The molecule has 1 unspecified atom stereocenters. The average molecular weight is 308 g/mol. The van der Waals surface area contributed by atoms with Crippen LogP contribution in [0, 0.1) is 5.92 Å². The van der Waals surface area contributed by atoms with Crippen molar-refractivity contribution in [1.29, 1.82) is 0 Å². The zero-order valence-electron chi connectivity index (χ0n) is 11.7. The van der Waals surface area contributed by atoms with E-state index >= 15 is 0 Å². The minimum Gasteiger partial charge on any atom is -0.396 e. The standard InChI is InChI=1S/C15H18ClN3O2/c16-13-5-1-4-12(7-13)15-17-14(18-21-15)9-19-6-2-3-11(8-19)10-20/h1,4-5,7,11,20H,2-3,6,8-10H2. The largest absolute Gasteiger partial charge is 0.396 e. The van der Waals surface area contributed by atoms with E-state index in [4.69, 9.17) is 16.1 Å².